The lowest BCUT2D eigenvalue weighted by Gasteiger charge is -2.26. The molecule has 10 aromatic rings. The highest BCUT2D eigenvalue weighted by Crippen LogP contribution is 2.47. The summed E-state index contributed by atoms with van der Waals surface area (Å²) in [6, 6.07) is 61.1. The fourth-order valence-electron chi connectivity index (χ4n) is 9.27. The normalized spacial score (nSPS) is 12.4. The van der Waals surface area contributed by atoms with Crippen molar-refractivity contribution in [3.8, 4) is 39.1 Å². The molecule has 1 N–H and O–H groups in total. The molecular formula is C53H41BN2S. The van der Waals surface area contributed by atoms with E-state index in [1.54, 1.807) is 0 Å². The van der Waals surface area contributed by atoms with E-state index in [9.17, 15) is 0 Å². The SMILES string of the molecule is Cc1ccc2c(c1)Bc1c(-c3cc4c(cc3Nc3ccc(C(C)(C)C)cc3)sc3ccccc34)cc(-c3ccccc3-c3ccccc3)c3c4ccccc4n-2c13. The molecule has 4 heteroatoms. The summed E-state index contributed by atoms with van der Waals surface area (Å²) in [5, 5.41) is 9.16. The first-order chi connectivity index (χ1) is 27.8. The molecule has 8 aromatic carbocycles. The van der Waals surface area contributed by atoms with Crippen molar-refractivity contribution >= 4 is 82.9 Å². The van der Waals surface area contributed by atoms with Crippen molar-refractivity contribution in [1.82, 2.24) is 4.57 Å². The molecule has 0 bridgehead atoms. The van der Waals surface area contributed by atoms with Gasteiger partial charge in [0.2, 0.25) is 0 Å². The quantitative estimate of drug-likeness (QED) is 0.173. The molecule has 0 saturated heterocycles. The lowest BCUT2D eigenvalue weighted by Crippen LogP contribution is -2.37. The van der Waals surface area contributed by atoms with Crippen molar-refractivity contribution in [2.45, 2.75) is 33.1 Å². The minimum atomic E-state index is 0.0806. The van der Waals surface area contributed by atoms with E-state index in [-0.39, 0.29) is 5.41 Å². The molecule has 0 radical (unpaired) electrons. The maximum Gasteiger partial charge on any atom is 0.198 e. The van der Waals surface area contributed by atoms with Crippen LogP contribution < -0.4 is 16.2 Å². The van der Waals surface area contributed by atoms with Crippen LogP contribution in [0, 0.1) is 6.92 Å². The zero-order valence-electron chi connectivity index (χ0n) is 32.7. The lowest BCUT2D eigenvalue weighted by atomic mass is 9.58. The van der Waals surface area contributed by atoms with Gasteiger partial charge in [0.15, 0.2) is 7.28 Å². The summed E-state index contributed by atoms with van der Waals surface area (Å²) < 4.78 is 5.16. The van der Waals surface area contributed by atoms with E-state index in [4.69, 9.17) is 0 Å². The van der Waals surface area contributed by atoms with Gasteiger partial charge in [-0.1, -0.05) is 147 Å². The average molecular weight is 749 g/mol. The summed E-state index contributed by atoms with van der Waals surface area (Å²) in [5.41, 5.74) is 18.9. The van der Waals surface area contributed by atoms with Crippen LogP contribution in [0.25, 0.3) is 81.0 Å². The van der Waals surface area contributed by atoms with Crippen LogP contribution in [0.3, 0.4) is 0 Å². The van der Waals surface area contributed by atoms with Crippen molar-refractivity contribution in [3.05, 3.63) is 175 Å². The third-order valence-electron chi connectivity index (χ3n) is 12.0. The van der Waals surface area contributed by atoms with Gasteiger partial charge in [-0.15, -0.1) is 11.3 Å². The van der Waals surface area contributed by atoms with Crippen LogP contribution in [0.5, 0.6) is 0 Å². The summed E-state index contributed by atoms with van der Waals surface area (Å²) in [5.74, 6) is 0. The Labute approximate surface area is 338 Å². The predicted octanol–water partition coefficient (Wildman–Crippen LogP) is 13.2. The van der Waals surface area contributed by atoms with E-state index in [0.29, 0.717) is 0 Å². The maximum absolute atomic E-state index is 3.97. The second-order valence-electron chi connectivity index (χ2n) is 16.7. The highest BCUT2D eigenvalue weighted by Gasteiger charge is 2.30. The maximum atomic E-state index is 3.97. The largest absolute Gasteiger partial charge is 0.355 e. The monoisotopic (exact) mass is 748 g/mol. The minimum Gasteiger partial charge on any atom is -0.355 e. The van der Waals surface area contributed by atoms with Crippen molar-refractivity contribution in [3.63, 3.8) is 0 Å². The number of nitrogens with one attached hydrogen (secondary N) is 1. The molecule has 0 aliphatic carbocycles. The molecule has 0 atom stereocenters. The molecule has 3 heterocycles. The van der Waals surface area contributed by atoms with Crippen LogP contribution in [0.4, 0.5) is 11.4 Å². The molecule has 57 heavy (non-hydrogen) atoms. The first-order valence-corrected chi connectivity index (χ1v) is 20.8. The van der Waals surface area contributed by atoms with Gasteiger partial charge in [-0.25, -0.2) is 0 Å². The number of hydrogen-bond acceptors (Lipinski definition) is 2. The van der Waals surface area contributed by atoms with Gasteiger partial charge in [0.05, 0.1) is 5.52 Å². The Kier molecular flexibility index (Phi) is 7.65. The Balaban J connectivity index is 1.27. The Morgan fingerprint density at radius 1 is 0.561 bits per heavy atom. The van der Waals surface area contributed by atoms with Gasteiger partial charge in [0.1, 0.15) is 0 Å². The molecule has 0 amide bonds. The van der Waals surface area contributed by atoms with Crippen LogP contribution in [-0.2, 0) is 5.41 Å². The number of para-hydroxylation sites is 1. The third kappa shape index (κ3) is 5.46. The van der Waals surface area contributed by atoms with Crippen LogP contribution in [0.2, 0.25) is 0 Å². The molecule has 272 valence electrons. The van der Waals surface area contributed by atoms with Gasteiger partial charge in [0.25, 0.3) is 0 Å². The number of anilines is 2. The van der Waals surface area contributed by atoms with E-state index in [2.05, 4.69) is 201 Å². The number of aromatic nitrogens is 1. The number of hydrogen-bond donors (Lipinski definition) is 1. The van der Waals surface area contributed by atoms with Crippen LogP contribution in [-0.4, -0.2) is 11.8 Å². The van der Waals surface area contributed by atoms with Gasteiger partial charge in [-0.2, -0.15) is 0 Å². The Morgan fingerprint density at radius 2 is 1.28 bits per heavy atom. The topological polar surface area (TPSA) is 17.0 Å². The van der Waals surface area contributed by atoms with Gasteiger partial charge in [0, 0.05) is 59.1 Å². The van der Waals surface area contributed by atoms with Gasteiger partial charge in [-0.05, 0) is 99.7 Å². The fraction of sp³-hybridized carbons (Fsp3) is 0.0943. The molecule has 1 aliphatic heterocycles. The molecular weight excluding hydrogens is 707 g/mol. The molecule has 0 fully saturated rings. The summed E-state index contributed by atoms with van der Waals surface area (Å²) in [6.07, 6.45) is 0. The number of nitrogens with zero attached hydrogens (tertiary/aromatic N) is 1. The first-order valence-electron chi connectivity index (χ1n) is 20.0. The average Bonchev–Trinajstić information content (AvgIpc) is 3.77. The Morgan fingerprint density at radius 3 is 2.09 bits per heavy atom. The van der Waals surface area contributed by atoms with E-state index < -0.39 is 0 Å². The van der Waals surface area contributed by atoms with Crippen molar-refractivity contribution in [1.29, 1.82) is 0 Å². The molecule has 11 rings (SSSR count). The van der Waals surface area contributed by atoms with E-state index in [0.717, 1.165) is 18.7 Å². The van der Waals surface area contributed by atoms with Crippen molar-refractivity contribution < 1.29 is 0 Å². The minimum absolute atomic E-state index is 0.0806. The molecule has 2 nitrogen and oxygen atoms in total. The van der Waals surface area contributed by atoms with Gasteiger partial charge < -0.3 is 9.88 Å². The van der Waals surface area contributed by atoms with Gasteiger partial charge in [-0.3, -0.25) is 0 Å². The number of benzene rings is 8. The summed E-state index contributed by atoms with van der Waals surface area (Å²) >= 11 is 1.87. The van der Waals surface area contributed by atoms with E-state index >= 15 is 0 Å². The molecule has 1 aliphatic rings. The zero-order valence-corrected chi connectivity index (χ0v) is 33.5. The fourth-order valence-corrected chi connectivity index (χ4v) is 10.4. The Bertz CT molecular complexity index is 3220. The predicted molar refractivity (Wildman–Crippen MR) is 250 cm³/mol. The highest BCUT2D eigenvalue weighted by atomic mass is 32.1. The smallest absolute Gasteiger partial charge is 0.198 e. The third-order valence-corrected chi connectivity index (χ3v) is 13.2. The number of fused-ring (bicyclic) bond motifs is 8. The number of thiophene rings is 1. The van der Waals surface area contributed by atoms with Crippen LogP contribution in [0.1, 0.15) is 31.9 Å². The highest BCUT2D eigenvalue weighted by molar-refractivity contribution is 7.25. The molecule has 0 saturated carbocycles. The lowest BCUT2D eigenvalue weighted by molar-refractivity contribution is 0.590. The summed E-state index contributed by atoms with van der Waals surface area (Å²) in [4.78, 5) is 0. The van der Waals surface area contributed by atoms with Gasteiger partial charge >= 0.3 is 0 Å². The second kappa shape index (κ2) is 12.8. The second-order valence-corrected chi connectivity index (χ2v) is 17.8. The standard InChI is InChI=1S/C53H41BN2S/c1-32-22-27-47-44(28-32)54-51-43(40-29-41-38-18-11-13-21-48(38)57-49(41)31-45(40)55-35-25-23-34(24-26-35)53(2,3)4)30-42(50-39-19-10-12-20-46(39)56(47)52(50)51)37-17-9-8-16-36(37)33-14-6-5-7-15-33/h5-31,54-55H,1-4H3. The van der Waals surface area contributed by atoms with E-state index in [1.807, 2.05) is 11.3 Å². The molecule has 0 spiro atoms. The molecule has 0 unspecified atom stereocenters. The van der Waals surface area contributed by atoms with Crippen molar-refractivity contribution in [2.75, 3.05) is 5.32 Å². The Hall–Kier alpha value is -6.36. The van der Waals surface area contributed by atoms with Crippen LogP contribution in [0.15, 0.2) is 164 Å². The summed E-state index contributed by atoms with van der Waals surface area (Å²) in [7, 11) is 0.849. The summed E-state index contributed by atoms with van der Waals surface area (Å²) in [6.45, 7) is 9.04. The number of aryl methyl sites for hydroxylation is 1. The van der Waals surface area contributed by atoms with E-state index in [1.165, 1.54) is 103 Å². The molecule has 2 aromatic heterocycles. The number of rotatable bonds is 5. The first kappa shape index (κ1) is 33.9. The zero-order chi connectivity index (χ0) is 38.4. The van der Waals surface area contributed by atoms with Crippen LogP contribution >= 0.6 is 11.3 Å². The van der Waals surface area contributed by atoms with Crippen molar-refractivity contribution in [2.24, 2.45) is 0 Å².